The molecule has 1 heterocycles. The van der Waals surface area contributed by atoms with Crippen LogP contribution in [-0.2, 0) is 20.7 Å². The first-order valence-electron chi connectivity index (χ1n) is 5.79. The summed E-state index contributed by atoms with van der Waals surface area (Å²) < 4.78 is 4.81. The Morgan fingerprint density at radius 2 is 2.37 bits per heavy atom. The number of carboxylic acids is 1. The van der Waals surface area contributed by atoms with Crippen LogP contribution in [0, 0.1) is 0 Å². The number of imidazole rings is 1. The second-order valence-electron chi connectivity index (χ2n) is 4.07. The van der Waals surface area contributed by atoms with Gasteiger partial charge in [0.25, 0.3) is 0 Å². The highest BCUT2D eigenvalue weighted by Crippen LogP contribution is 2.00. The molecule has 0 fully saturated rings. The third kappa shape index (κ3) is 5.06. The number of aromatic nitrogens is 2. The topological polar surface area (TPSA) is 130 Å². The Hall–Kier alpha value is -1.93. The molecule has 1 aromatic rings. The zero-order valence-electron chi connectivity index (χ0n) is 10.6. The SMILES string of the molecule is COCCC(N)C(=O)NC(Cc1cnc[nH]1)C(=O)O. The summed E-state index contributed by atoms with van der Waals surface area (Å²) in [6.45, 7) is 0.340. The highest BCUT2D eigenvalue weighted by molar-refractivity contribution is 5.86. The molecule has 1 aromatic heterocycles. The molecule has 0 bridgehead atoms. The van der Waals surface area contributed by atoms with Crippen molar-refractivity contribution < 1.29 is 19.4 Å². The van der Waals surface area contributed by atoms with Gasteiger partial charge in [0.1, 0.15) is 6.04 Å². The van der Waals surface area contributed by atoms with Crippen LogP contribution in [0.5, 0.6) is 0 Å². The summed E-state index contributed by atoms with van der Waals surface area (Å²) in [5.74, 6) is -1.63. The Balaban J connectivity index is 2.53. The van der Waals surface area contributed by atoms with Crippen LogP contribution in [0.3, 0.4) is 0 Å². The van der Waals surface area contributed by atoms with Crippen LogP contribution in [0.2, 0.25) is 0 Å². The fraction of sp³-hybridized carbons (Fsp3) is 0.545. The number of rotatable bonds is 8. The minimum absolute atomic E-state index is 0.123. The Bertz CT molecular complexity index is 407. The fourth-order valence-electron chi connectivity index (χ4n) is 1.47. The maximum Gasteiger partial charge on any atom is 0.326 e. The molecule has 1 amide bonds. The Morgan fingerprint density at radius 1 is 1.63 bits per heavy atom. The summed E-state index contributed by atoms with van der Waals surface area (Å²) in [6.07, 6.45) is 3.41. The molecule has 1 rings (SSSR count). The summed E-state index contributed by atoms with van der Waals surface area (Å²) in [7, 11) is 1.50. The quantitative estimate of drug-likeness (QED) is 0.473. The molecule has 8 nitrogen and oxygen atoms in total. The average Bonchev–Trinajstić information content (AvgIpc) is 2.87. The zero-order chi connectivity index (χ0) is 14.3. The molecule has 0 spiro atoms. The number of aliphatic carboxylic acids is 1. The number of ether oxygens (including phenoxy) is 1. The molecule has 5 N–H and O–H groups in total. The van der Waals surface area contributed by atoms with E-state index in [0.717, 1.165) is 0 Å². The molecule has 0 aliphatic heterocycles. The van der Waals surface area contributed by atoms with Crippen molar-refractivity contribution in [1.29, 1.82) is 0 Å². The second kappa shape index (κ2) is 7.49. The number of hydrogen-bond acceptors (Lipinski definition) is 5. The number of methoxy groups -OCH3 is 1. The van der Waals surface area contributed by atoms with Gasteiger partial charge >= 0.3 is 5.97 Å². The molecule has 106 valence electrons. The predicted octanol–water partition coefficient (Wildman–Crippen LogP) is -1.11. The van der Waals surface area contributed by atoms with Gasteiger partial charge in [-0.3, -0.25) is 4.79 Å². The standard InChI is InChI=1S/C11H18N4O4/c1-19-3-2-8(12)10(16)15-9(11(17)18)4-7-5-13-6-14-7/h5-6,8-9H,2-4,12H2,1H3,(H,13,14)(H,15,16)(H,17,18). The lowest BCUT2D eigenvalue weighted by Gasteiger charge is -2.17. The van der Waals surface area contributed by atoms with Crippen molar-refractivity contribution in [3.63, 3.8) is 0 Å². The molecule has 0 saturated carbocycles. The number of nitrogens with zero attached hydrogens (tertiary/aromatic N) is 1. The summed E-state index contributed by atoms with van der Waals surface area (Å²) in [5.41, 5.74) is 6.24. The third-order valence-electron chi connectivity index (χ3n) is 2.56. The first-order chi connectivity index (χ1) is 9.04. The predicted molar refractivity (Wildman–Crippen MR) is 66.3 cm³/mol. The fourth-order valence-corrected chi connectivity index (χ4v) is 1.47. The normalized spacial score (nSPS) is 13.8. The Labute approximate surface area is 110 Å². The summed E-state index contributed by atoms with van der Waals surface area (Å²) in [4.78, 5) is 29.4. The van der Waals surface area contributed by atoms with Crippen molar-refractivity contribution in [2.24, 2.45) is 5.73 Å². The van der Waals surface area contributed by atoms with E-state index in [2.05, 4.69) is 15.3 Å². The molecule has 0 aliphatic rings. The van der Waals surface area contributed by atoms with E-state index in [1.54, 1.807) is 0 Å². The van der Waals surface area contributed by atoms with Gasteiger partial charge in [-0.15, -0.1) is 0 Å². The van der Waals surface area contributed by atoms with E-state index >= 15 is 0 Å². The van der Waals surface area contributed by atoms with Gasteiger partial charge in [0.15, 0.2) is 0 Å². The number of aromatic amines is 1. The van der Waals surface area contributed by atoms with Crippen LogP contribution >= 0.6 is 0 Å². The summed E-state index contributed by atoms with van der Waals surface area (Å²) >= 11 is 0. The Kier molecular flexibility index (Phi) is 5.97. The van der Waals surface area contributed by atoms with Crippen LogP contribution in [0.15, 0.2) is 12.5 Å². The van der Waals surface area contributed by atoms with Crippen LogP contribution < -0.4 is 11.1 Å². The van der Waals surface area contributed by atoms with Gasteiger partial charge in [-0.05, 0) is 6.42 Å². The molecule has 0 aliphatic carbocycles. The highest BCUT2D eigenvalue weighted by Gasteiger charge is 2.23. The second-order valence-corrected chi connectivity index (χ2v) is 4.07. The van der Waals surface area contributed by atoms with Gasteiger partial charge in [-0.1, -0.05) is 0 Å². The number of amides is 1. The highest BCUT2D eigenvalue weighted by atomic mass is 16.5. The van der Waals surface area contributed by atoms with E-state index in [-0.39, 0.29) is 6.42 Å². The molecule has 0 radical (unpaired) electrons. The average molecular weight is 270 g/mol. The molecule has 0 saturated heterocycles. The maximum atomic E-state index is 11.7. The van der Waals surface area contributed by atoms with Crippen molar-refractivity contribution in [2.75, 3.05) is 13.7 Å². The van der Waals surface area contributed by atoms with Gasteiger partial charge in [0.05, 0.1) is 12.4 Å². The van der Waals surface area contributed by atoms with Crippen LogP contribution in [-0.4, -0.2) is 52.8 Å². The number of nitrogens with one attached hydrogen (secondary N) is 2. The van der Waals surface area contributed by atoms with Crippen LogP contribution in [0.25, 0.3) is 0 Å². The van der Waals surface area contributed by atoms with Crippen molar-refractivity contribution in [2.45, 2.75) is 24.9 Å². The van der Waals surface area contributed by atoms with E-state index in [1.807, 2.05) is 0 Å². The van der Waals surface area contributed by atoms with E-state index in [9.17, 15) is 9.59 Å². The molecule has 2 unspecified atom stereocenters. The van der Waals surface area contributed by atoms with Crippen molar-refractivity contribution in [3.8, 4) is 0 Å². The number of hydrogen-bond donors (Lipinski definition) is 4. The monoisotopic (exact) mass is 270 g/mol. The van der Waals surface area contributed by atoms with E-state index in [0.29, 0.717) is 18.7 Å². The van der Waals surface area contributed by atoms with E-state index < -0.39 is 24.0 Å². The number of carbonyl (C=O) groups excluding carboxylic acids is 1. The maximum absolute atomic E-state index is 11.7. The number of carbonyl (C=O) groups is 2. The third-order valence-corrected chi connectivity index (χ3v) is 2.56. The van der Waals surface area contributed by atoms with Gasteiger partial charge in [0.2, 0.25) is 5.91 Å². The Morgan fingerprint density at radius 3 is 2.89 bits per heavy atom. The summed E-state index contributed by atoms with van der Waals surface area (Å²) in [6, 6.07) is -1.83. The van der Waals surface area contributed by atoms with Crippen LogP contribution in [0.1, 0.15) is 12.1 Å². The van der Waals surface area contributed by atoms with Crippen LogP contribution in [0.4, 0.5) is 0 Å². The van der Waals surface area contributed by atoms with E-state index in [1.165, 1.54) is 19.6 Å². The summed E-state index contributed by atoms with van der Waals surface area (Å²) in [5, 5.41) is 11.5. The van der Waals surface area contributed by atoms with Gasteiger partial charge in [-0.2, -0.15) is 0 Å². The van der Waals surface area contributed by atoms with Gasteiger partial charge < -0.3 is 25.9 Å². The minimum atomic E-state index is -1.12. The van der Waals surface area contributed by atoms with Gasteiger partial charge in [0, 0.05) is 32.0 Å². The molecule has 19 heavy (non-hydrogen) atoms. The lowest BCUT2D eigenvalue weighted by molar-refractivity contribution is -0.142. The molecule has 2 atom stereocenters. The van der Waals surface area contributed by atoms with E-state index in [4.69, 9.17) is 15.6 Å². The lowest BCUT2D eigenvalue weighted by atomic mass is 10.1. The molecular weight excluding hydrogens is 252 g/mol. The molecule has 0 aromatic carbocycles. The number of nitrogens with two attached hydrogens (primary N) is 1. The van der Waals surface area contributed by atoms with Crippen molar-refractivity contribution >= 4 is 11.9 Å². The number of carboxylic acid groups (broad SMARTS) is 1. The van der Waals surface area contributed by atoms with Crippen molar-refractivity contribution in [1.82, 2.24) is 15.3 Å². The molecule has 8 heteroatoms. The lowest BCUT2D eigenvalue weighted by Crippen LogP contribution is -2.49. The minimum Gasteiger partial charge on any atom is -0.480 e. The molecular formula is C11H18N4O4. The zero-order valence-corrected chi connectivity index (χ0v) is 10.6. The van der Waals surface area contributed by atoms with Crippen molar-refractivity contribution in [3.05, 3.63) is 18.2 Å². The van der Waals surface area contributed by atoms with Gasteiger partial charge in [-0.25, -0.2) is 9.78 Å². The number of H-pyrrole nitrogens is 1. The smallest absolute Gasteiger partial charge is 0.326 e. The largest absolute Gasteiger partial charge is 0.480 e. The first kappa shape index (κ1) is 15.1. The first-order valence-corrected chi connectivity index (χ1v) is 5.79.